The van der Waals surface area contributed by atoms with Crippen LogP contribution in [0.3, 0.4) is 0 Å². The molecule has 1 spiro atoms. The average molecular weight is 558 g/mol. The van der Waals surface area contributed by atoms with Gasteiger partial charge in [0, 0.05) is 25.0 Å². The molecule has 3 saturated carbocycles. The van der Waals surface area contributed by atoms with Crippen LogP contribution in [-0.2, 0) is 23.9 Å². The zero-order valence-corrected chi connectivity index (χ0v) is 23.6. The first-order valence-electron chi connectivity index (χ1n) is 14.0. The van der Waals surface area contributed by atoms with Crippen molar-refractivity contribution in [2.24, 2.45) is 17.3 Å². The zero-order valence-electron chi connectivity index (χ0n) is 22.8. The van der Waals surface area contributed by atoms with Gasteiger partial charge in [0.15, 0.2) is 5.60 Å². The maximum absolute atomic E-state index is 14.3. The van der Waals surface area contributed by atoms with Crippen molar-refractivity contribution in [3.05, 3.63) is 34.9 Å². The van der Waals surface area contributed by atoms with Gasteiger partial charge in [-0.05, 0) is 50.7 Å². The van der Waals surface area contributed by atoms with Gasteiger partial charge in [0.2, 0.25) is 11.8 Å². The summed E-state index contributed by atoms with van der Waals surface area (Å²) in [7, 11) is 0. The highest BCUT2D eigenvalue weighted by Gasteiger charge is 2.87. The van der Waals surface area contributed by atoms with E-state index in [2.05, 4.69) is 10.6 Å². The van der Waals surface area contributed by atoms with Crippen molar-refractivity contribution in [2.45, 2.75) is 88.6 Å². The highest BCUT2D eigenvalue weighted by atomic mass is 35.5. The van der Waals surface area contributed by atoms with Crippen molar-refractivity contribution in [1.29, 1.82) is 0 Å². The number of fused-ring (bicyclic) bond motifs is 2. The number of rotatable bonds is 7. The molecule has 39 heavy (non-hydrogen) atoms. The van der Waals surface area contributed by atoms with E-state index >= 15 is 0 Å². The van der Waals surface area contributed by atoms with E-state index in [1.807, 2.05) is 27.7 Å². The van der Waals surface area contributed by atoms with Gasteiger partial charge in [-0.2, -0.15) is 0 Å². The number of esters is 1. The summed E-state index contributed by atoms with van der Waals surface area (Å²) in [5.41, 5.74) is -2.95. The SMILES string of the molecule is CCOC1CC12OC(=O)C1CC12NC(=O)[C@@H]1CCCCN1C(=O)C1(NC(=O)c2ccccc2Cl)C(C)C1(C)C. The van der Waals surface area contributed by atoms with E-state index in [0.717, 1.165) is 12.8 Å². The number of carbonyl (C=O) groups excluding carboxylic acids is 4. The Hall–Kier alpha value is -2.65. The van der Waals surface area contributed by atoms with Gasteiger partial charge in [0.25, 0.3) is 5.91 Å². The van der Waals surface area contributed by atoms with Gasteiger partial charge in [-0.3, -0.25) is 19.2 Å². The summed E-state index contributed by atoms with van der Waals surface area (Å²) >= 11 is 6.28. The van der Waals surface area contributed by atoms with Crippen molar-refractivity contribution < 1.29 is 28.7 Å². The smallest absolute Gasteiger partial charge is 0.312 e. The molecule has 2 N–H and O–H groups in total. The Morgan fingerprint density at radius 2 is 1.87 bits per heavy atom. The Balaban J connectivity index is 1.24. The Morgan fingerprint density at radius 3 is 2.51 bits per heavy atom. The molecule has 1 aromatic carbocycles. The molecule has 9 nitrogen and oxygen atoms in total. The number of benzene rings is 1. The van der Waals surface area contributed by atoms with Crippen molar-refractivity contribution >= 4 is 35.3 Å². The van der Waals surface area contributed by atoms with Crippen LogP contribution in [0.4, 0.5) is 0 Å². The van der Waals surface area contributed by atoms with Crippen LogP contribution in [0.2, 0.25) is 5.02 Å². The lowest BCUT2D eigenvalue weighted by Crippen LogP contribution is -2.62. The van der Waals surface area contributed by atoms with Crippen LogP contribution in [0.25, 0.3) is 0 Å². The average Bonchev–Trinajstić information content (AvgIpc) is 3.84. The molecule has 3 aliphatic carbocycles. The number of carbonyl (C=O) groups is 4. The van der Waals surface area contributed by atoms with Crippen LogP contribution in [0.1, 0.15) is 70.2 Å². The van der Waals surface area contributed by atoms with Crippen molar-refractivity contribution in [2.75, 3.05) is 13.2 Å². The standard InChI is InChI=1S/C29H36ClN3O6/c1-5-38-21-15-28(21)27(14-18(27)24(36)39-28)31-23(35)20-12-8-9-13-33(20)25(37)29(16(2)26(29,3)4)32-22(34)17-10-6-7-11-19(17)30/h6-7,10-11,16,18,20-21H,5,8-9,12-15H2,1-4H3,(H,31,35)(H,32,34)/t16?,18?,20-,21?,27?,28?,29?/m0/s1. The number of nitrogens with zero attached hydrogens (tertiary/aromatic N) is 1. The normalized spacial score (nSPS) is 39.0. The van der Waals surface area contributed by atoms with Crippen LogP contribution in [0.15, 0.2) is 24.3 Å². The number of likely N-dealkylation sites (tertiary alicyclic amines) is 1. The minimum atomic E-state index is -1.16. The Morgan fingerprint density at radius 1 is 1.15 bits per heavy atom. The van der Waals surface area contributed by atoms with E-state index in [1.54, 1.807) is 29.2 Å². The van der Waals surface area contributed by atoms with Gasteiger partial charge < -0.3 is 25.0 Å². The van der Waals surface area contributed by atoms with Crippen molar-refractivity contribution in [3.63, 3.8) is 0 Å². The quantitative estimate of drug-likeness (QED) is 0.498. The minimum Gasteiger partial charge on any atom is -0.453 e. The Labute approximate surface area is 233 Å². The molecule has 0 aromatic heterocycles. The maximum atomic E-state index is 14.3. The molecule has 3 amide bonds. The van der Waals surface area contributed by atoms with Gasteiger partial charge in [-0.25, -0.2) is 0 Å². The van der Waals surface area contributed by atoms with E-state index in [9.17, 15) is 19.2 Å². The summed E-state index contributed by atoms with van der Waals surface area (Å²) in [5.74, 6) is -1.75. The van der Waals surface area contributed by atoms with E-state index in [0.29, 0.717) is 43.0 Å². The molecule has 2 saturated heterocycles. The third-order valence-corrected chi connectivity index (χ3v) is 10.7. The topological polar surface area (TPSA) is 114 Å². The van der Waals surface area contributed by atoms with Gasteiger partial charge in [0.1, 0.15) is 17.7 Å². The van der Waals surface area contributed by atoms with Gasteiger partial charge in [0.05, 0.1) is 22.0 Å². The minimum absolute atomic E-state index is 0.150. The summed E-state index contributed by atoms with van der Waals surface area (Å²) < 4.78 is 11.5. The predicted octanol–water partition coefficient (Wildman–Crippen LogP) is 2.84. The second-order valence-electron chi connectivity index (χ2n) is 12.4. The third kappa shape index (κ3) is 3.54. The zero-order chi connectivity index (χ0) is 28.0. The molecule has 7 atom stereocenters. The molecular weight excluding hydrogens is 522 g/mol. The van der Waals surface area contributed by atoms with Crippen molar-refractivity contribution in [1.82, 2.24) is 15.5 Å². The number of hydrogen-bond acceptors (Lipinski definition) is 6. The number of nitrogens with one attached hydrogen (secondary N) is 2. The fourth-order valence-corrected chi connectivity index (χ4v) is 7.68. The molecule has 5 aliphatic rings. The summed E-state index contributed by atoms with van der Waals surface area (Å²) in [6, 6.07) is 6.05. The Kier molecular flexibility index (Phi) is 5.91. The molecule has 2 aliphatic heterocycles. The number of piperidine rings is 1. The fraction of sp³-hybridized carbons (Fsp3) is 0.655. The molecule has 0 bridgehead atoms. The first kappa shape index (κ1) is 26.6. The van der Waals surface area contributed by atoms with Crippen LogP contribution in [0, 0.1) is 17.3 Å². The molecule has 210 valence electrons. The van der Waals surface area contributed by atoms with E-state index in [-0.39, 0.29) is 35.7 Å². The second kappa shape index (κ2) is 8.67. The molecule has 0 radical (unpaired) electrons. The van der Waals surface area contributed by atoms with Crippen LogP contribution in [-0.4, -0.2) is 70.6 Å². The summed E-state index contributed by atoms with van der Waals surface area (Å²) in [6.45, 7) is 8.68. The van der Waals surface area contributed by atoms with Crippen LogP contribution >= 0.6 is 11.6 Å². The first-order chi connectivity index (χ1) is 18.5. The predicted molar refractivity (Wildman–Crippen MR) is 142 cm³/mol. The molecule has 5 fully saturated rings. The highest BCUT2D eigenvalue weighted by molar-refractivity contribution is 6.34. The van der Waals surface area contributed by atoms with E-state index in [4.69, 9.17) is 21.1 Å². The number of amides is 3. The molecule has 6 rings (SSSR count). The molecule has 10 heteroatoms. The van der Waals surface area contributed by atoms with Crippen LogP contribution < -0.4 is 10.6 Å². The monoisotopic (exact) mass is 557 g/mol. The van der Waals surface area contributed by atoms with Gasteiger partial charge in [-0.1, -0.05) is 44.5 Å². The summed E-state index contributed by atoms with van der Waals surface area (Å²) in [6.07, 6.45) is 2.96. The Bertz CT molecular complexity index is 1270. The number of hydrogen-bond donors (Lipinski definition) is 2. The van der Waals surface area contributed by atoms with Crippen molar-refractivity contribution in [3.8, 4) is 0 Å². The molecule has 1 aromatic rings. The second-order valence-corrected chi connectivity index (χ2v) is 12.8. The molecule has 2 heterocycles. The summed E-state index contributed by atoms with van der Waals surface area (Å²) in [5, 5.41) is 6.51. The maximum Gasteiger partial charge on any atom is 0.312 e. The molecular formula is C29H36ClN3O6. The molecule has 6 unspecified atom stereocenters. The van der Waals surface area contributed by atoms with Gasteiger partial charge in [-0.15, -0.1) is 0 Å². The largest absolute Gasteiger partial charge is 0.453 e. The van der Waals surface area contributed by atoms with E-state index in [1.165, 1.54) is 0 Å². The number of halogens is 1. The van der Waals surface area contributed by atoms with E-state index < -0.39 is 34.0 Å². The number of ether oxygens (including phenoxy) is 2. The first-order valence-corrected chi connectivity index (χ1v) is 14.4. The van der Waals surface area contributed by atoms with Crippen LogP contribution in [0.5, 0.6) is 0 Å². The lowest BCUT2D eigenvalue weighted by Gasteiger charge is -2.39. The highest BCUT2D eigenvalue weighted by Crippen LogP contribution is 2.69. The lowest BCUT2D eigenvalue weighted by atomic mass is 9.95. The fourth-order valence-electron chi connectivity index (χ4n) is 7.46. The summed E-state index contributed by atoms with van der Waals surface area (Å²) in [4.78, 5) is 55.6. The van der Waals surface area contributed by atoms with Gasteiger partial charge >= 0.3 is 5.97 Å². The third-order valence-electron chi connectivity index (χ3n) is 10.3. The lowest BCUT2D eigenvalue weighted by molar-refractivity contribution is -0.150.